The molecule has 0 spiro atoms. The van der Waals surface area contributed by atoms with Crippen LogP contribution in [0.4, 0.5) is 5.69 Å². The third-order valence-electron chi connectivity index (χ3n) is 4.78. The van der Waals surface area contributed by atoms with Gasteiger partial charge in [-0.2, -0.15) is 0 Å². The Morgan fingerprint density at radius 2 is 1.55 bits per heavy atom. The van der Waals surface area contributed by atoms with E-state index in [1.165, 1.54) is 23.7 Å². The molecule has 0 atom stereocenters. The summed E-state index contributed by atoms with van der Waals surface area (Å²) in [6.45, 7) is 0. The molecule has 7 nitrogen and oxygen atoms in total. The van der Waals surface area contributed by atoms with Crippen molar-refractivity contribution in [3.63, 3.8) is 0 Å². The molecule has 3 aromatic rings. The Bertz CT molecular complexity index is 1130. The lowest BCUT2D eigenvalue weighted by Crippen LogP contribution is -2.26. The molecule has 29 heavy (non-hydrogen) atoms. The number of anilines is 1. The number of aromatic nitrogens is 1. The van der Waals surface area contributed by atoms with E-state index in [1.807, 2.05) is 43.3 Å². The SMILES string of the molecule is COc1cc2c(C(=O)N(C)C)cn(-c3cccc(N(C)C)c3)c(=O)c2cc1OC. The molecule has 0 bridgehead atoms. The lowest BCUT2D eigenvalue weighted by Gasteiger charge is -2.18. The first kappa shape index (κ1) is 20.3. The molecule has 3 rings (SSSR count). The first-order valence-corrected chi connectivity index (χ1v) is 9.09. The van der Waals surface area contributed by atoms with Crippen LogP contribution in [0.1, 0.15) is 10.4 Å². The minimum atomic E-state index is -0.243. The zero-order valence-corrected chi connectivity index (χ0v) is 17.5. The van der Waals surface area contributed by atoms with Crippen LogP contribution in [0.25, 0.3) is 16.5 Å². The molecule has 0 aliphatic rings. The Labute approximate surface area is 169 Å². The quantitative estimate of drug-likeness (QED) is 0.665. The van der Waals surface area contributed by atoms with Crippen molar-refractivity contribution in [2.45, 2.75) is 0 Å². The van der Waals surface area contributed by atoms with Gasteiger partial charge in [-0.25, -0.2) is 0 Å². The van der Waals surface area contributed by atoms with Crippen LogP contribution in [-0.2, 0) is 0 Å². The van der Waals surface area contributed by atoms with E-state index in [1.54, 1.807) is 32.4 Å². The molecule has 0 saturated heterocycles. The zero-order chi connectivity index (χ0) is 21.3. The predicted octanol–water partition coefficient (Wildman–Crippen LogP) is 2.78. The molecular formula is C22H25N3O4. The maximum absolute atomic E-state index is 13.4. The second-order valence-electron chi connectivity index (χ2n) is 7.08. The minimum Gasteiger partial charge on any atom is -0.493 e. The van der Waals surface area contributed by atoms with E-state index in [4.69, 9.17) is 9.47 Å². The summed E-state index contributed by atoms with van der Waals surface area (Å²) in [4.78, 5) is 29.7. The number of benzene rings is 2. The predicted molar refractivity (Wildman–Crippen MR) is 115 cm³/mol. The van der Waals surface area contributed by atoms with Gasteiger partial charge in [0.25, 0.3) is 11.5 Å². The van der Waals surface area contributed by atoms with Crippen molar-refractivity contribution < 1.29 is 14.3 Å². The number of carbonyl (C=O) groups is 1. The van der Waals surface area contributed by atoms with Gasteiger partial charge >= 0.3 is 0 Å². The number of fused-ring (bicyclic) bond motifs is 1. The third kappa shape index (κ3) is 3.63. The van der Waals surface area contributed by atoms with Crippen molar-refractivity contribution in [2.24, 2.45) is 0 Å². The Morgan fingerprint density at radius 3 is 2.10 bits per heavy atom. The smallest absolute Gasteiger partial charge is 0.263 e. The number of pyridine rings is 1. The molecule has 0 fully saturated rings. The van der Waals surface area contributed by atoms with E-state index >= 15 is 0 Å². The van der Waals surface area contributed by atoms with Gasteiger partial charge in [0.15, 0.2) is 11.5 Å². The summed E-state index contributed by atoms with van der Waals surface area (Å²) in [5.41, 5.74) is 1.78. The van der Waals surface area contributed by atoms with Crippen molar-refractivity contribution in [3.05, 3.63) is 58.5 Å². The molecule has 1 heterocycles. The molecule has 0 N–H and O–H groups in total. The van der Waals surface area contributed by atoms with Crippen LogP contribution in [0.5, 0.6) is 11.5 Å². The summed E-state index contributed by atoms with van der Waals surface area (Å²) in [7, 11) is 10.2. The van der Waals surface area contributed by atoms with Gasteiger partial charge in [-0.1, -0.05) is 6.07 Å². The van der Waals surface area contributed by atoms with Gasteiger partial charge in [0.05, 0.1) is 30.9 Å². The lowest BCUT2D eigenvalue weighted by atomic mass is 10.0. The average molecular weight is 395 g/mol. The zero-order valence-electron chi connectivity index (χ0n) is 17.5. The largest absolute Gasteiger partial charge is 0.493 e. The van der Waals surface area contributed by atoms with Crippen LogP contribution in [0, 0.1) is 0 Å². The van der Waals surface area contributed by atoms with Crippen LogP contribution in [0.2, 0.25) is 0 Å². The Balaban J connectivity index is 2.40. The Kier molecular flexibility index (Phi) is 5.50. The Morgan fingerprint density at radius 1 is 0.931 bits per heavy atom. The number of amides is 1. The number of nitrogens with zero attached hydrogens (tertiary/aromatic N) is 3. The highest BCUT2D eigenvalue weighted by Gasteiger charge is 2.20. The van der Waals surface area contributed by atoms with Crippen LogP contribution in [0.15, 0.2) is 47.4 Å². The Hall–Kier alpha value is -3.48. The highest BCUT2D eigenvalue weighted by Crippen LogP contribution is 2.33. The molecule has 1 amide bonds. The second kappa shape index (κ2) is 7.87. The fraction of sp³-hybridized carbons (Fsp3) is 0.273. The number of rotatable bonds is 5. The highest BCUT2D eigenvalue weighted by molar-refractivity contribution is 6.07. The molecule has 0 aliphatic carbocycles. The summed E-state index contributed by atoms with van der Waals surface area (Å²) >= 11 is 0. The first-order valence-electron chi connectivity index (χ1n) is 9.09. The number of hydrogen-bond acceptors (Lipinski definition) is 5. The molecular weight excluding hydrogens is 370 g/mol. The molecule has 0 unspecified atom stereocenters. The summed E-state index contributed by atoms with van der Waals surface area (Å²) < 4.78 is 12.2. The van der Waals surface area contributed by atoms with Gasteiger partial charge in [0.2, 0.25) is 0 Å². The normalized spacial score (nSPS) is 10.7. The van der Waals surface area contributed by atoms with Crippen molar-refractivity contribution >= 4 is 22.4 Å². The molecule has 1 aromatic heterocycles. The van der Waals surface area contributed by atoms with Gasteiger partial charge in [-0.3, -0.25) is 14.2 Å². The number of hydrogen-bond donors (Lipinski definition) is 0. The second-order valence-corrected chi connectivity index (χ2v) is 7.08. The maximum Gasteiger partial charge on any atom is 0.263 e. The van der Waals surface area contributed by atoms with E-state index < -0.39 is 0 Å². The van der Waals surface area contributed by atoms with Gasteiger partial charge in [0, 0.05) is 45.5 Å². The van der Waals surface area contributed by atoms with Crippen LogP contribution in [-0.4, -0.2) is 57.8 Å². The topological polar surface area (TPSA) is 64.0 Å². The van der Waals surface area contributed by atoms with Crippen molar-refractivity contribution in [3.8, 4) is 17.2 Å². The lowest BCUT2D eigenvalue weighted by molar-refractivity contribution is 0.0829. The summed E-state index contributed by atoms with van der Waals surface area (Å²) in [6.07, 6.45) is 1.59. The van der Waals surface area contributed by atoms with Gasteiger partial charge in [-0.15, -0.1) is 0 Å². The van der Waals surface area contributed by atoms with Gasteiger partial charge < -0.3 is 19.3 Å². The molecule has 7 heteroatoms. The van der Waals surface area contributed by atoms with E-state index in [-0.39, 0.29) is 11.5 Å². The molecule has 0 radical (unpaired) electrons. The maximum atomic E-state index is 13.4. The van der Waals surface area contributed by atoms with Crippen molar-refractivity contribution in [1.82, 2.24) is 9.47 Å². The van der Waals surface area contributed by atoms with E-state index in [0.29, 0.717) is 33.5 Å². The van der Waals surface area contributed by atoms with Crippen LogP contribution < -0.4 is 19.9 Å². The number of ether oxygens (including phenoxy) is 2. The summed E-state index contributed by atoms with van der Waals surface area (Å²) in [5.74, 6) is 0.680. The average Bonchev–Trinajstić information content (AvgIpc) is 2.72. The van der Waals surface area contributed by atoms with Gasteiger partial charge in [-0.05, 0) is 30.3 Å². The monoisotopic (exact) mass is 395 g/mol. The van der Waals surface area contributed by atoms with Gasteiger partial charge in [0.1, 0.15) is 0 Å². The number of carbonyl (C=O) groups excluding carboxylic acids is 1. The summed E-state index contributed by atoms with van der Waals surface area (Å²) in [6, 6.07) is 10.9. The molecule has 0 aliphatic heterocycles. The molecule has 0 saturated carbocycles. The fourth-order valence-corrected chi connectivity index (χ4v) is 3.19. The third-order valence-corrected chi connectivity index (χ3v) is 4.78. The standard InChI is InChI=1S/C22H25N3O4/c1-23(2)14-8-7-9-15(10-14)25-13-18(21(26)24(3)4)16-11-19(28-5)20(29-6)12-17(16)22(25)27/h7-13H,1-6H3. The highest BCUT2D eigenvalue weighted by atomic mass is 16.5. The van der Waals surface area contributed by atoms with Crippen LogP contribution >= 0.6 is 0 Å². The van der Waals surface area contributed by atoms with E-state index in [9.17, 15) is 9.59 Å². The molecule has 152 valence electrons. The van der Waals surface area contributed by atoms with Crippen molar-refractivity contribution in [1.29, 1.82) is 0 Å². The van der Waals surface area contributed by atoms with Crippen LogP contribution in [0.3, 0.4) is 0 Å². The van der Waals surface area contributed by atoms with E-state index in [2.05, 4.69) is 0 Å². The number of methoxy groups -OCH3 is 2. The first-order chi connectivity index (χ1) is 13.8. The fourth-order valence-electron chi connectivity index (χ4n) is 3.19. The molecule has 2 aromatic carbocycles. The summed E-state index contributed by atoms with van der Waals surface area (Å²) in [5, 5.41) is 0.900. The minimum absolute atomic E-state index is 0.209. The van der Waals surface area contributed by atoms with Crippen molar-refractivity contribution in [2.75, 3.05) is 47.3 Å². The van der Waals surface area contributed by atoms with E-state index in [0.717, 1.165) is 5.69 Å².